The van der Waals surface area contributed by atoms with Gasteiger partial charge in [0.2, 0.25) is 0 Å². The number of carboxylic acids is 1. The Morgan fingerprint density at radius 2 is 2.05 bits per heavy atom. The van der Waals surface area contributed by atoms with Gasteiger partial charge in [0.25, 0.3) is 5.69 Å². The molecule has 0 aromatic heterocycles. The summed E-state index contributed by atoms with van der Waals surface area (Å²) >= 11 is 0. The third-order valence-corrected chi connectivity index (χ3v) is 3.89. The van der Waals surface area contributed by atoms with Crippen LogP contribution in [0.15, 0.2) is 18.2 Å². The van der Waals surface area contributed by atoms with Crippen LogP contribution in [0.25, 0.3) is 0 Å². The summed E-state index contributed by atoms with van der Waals surface area (Å²) in [4.78, 5) is 22.3. The lowest BCUT2D eigenvalue weighted by Gasteiger charge is -2.34. The van der Waals surface area contributed by atoms with Gasteiger partial charge < -0.3 is 15.2 Å². The molecule has 0 bridgehead atoms. The molecule has 0 spiro atoms. The Morgan fingerprint density at radius 3 is 2.57 bits per heavy atom. The van der Waals surface area contributed by atoms with Crippen molar-refractivity contribution in [2.75, 3.05) is 12.4 Å². The maximum atomic E-state index is 11.6. The first-order valence-corrected chi connectivity index (χ1v) is 6.82. The molecule has 0 heterocycles. The molecule has 0 unspecified atom stereocenters. The molecule has 1 saturated carbocycles. The number of nitro benzene ring substituents is 1. The third kappa shape index (κ3) is 3.07. The average molecular weight is 294 g/mol. The van der Waals surface area contributed by atoms with Crippen molar-refractivity contribution in [3.63, 3.8) is 0 Å². The number of benzene rings is 1. The van der Waals surface area contributed by atoms with E-state index in [2.05, 4.69) is 5.32 Å². The third-order valence-electron chi connectivity index (χ3n) is 3.89. The lowest BCUT2D eigenvalue weighted by Crippen LogP contribution is -2.48. The fourth-order valence-electron chi connectivity index (χ4n) is 2.70. The summed E-state index contributed by atoms with van der Waals surface area (Å²) in [5, 5.41) is 23.6. The number of anilines is 1. The Hall–Kier alpha value is -2.31. The first-order valence-electron chi connectivity index (χ1n) is 6.82. The predicted molar refractivity (Wildman–Crippen MR) is 76.7 cm³/mol. The van der Waals surface area contributed by atoms with E-state index in [-0.39, 0.29) is 11.4 Å². The molecule has 0 aliphatic heterocycles. The number of carbonyl (C=O) groups is 1. The number of nitro groups is 1. The number of hydrogen-bond donors (Lipinski definition) is 2. The van der Waals surface area contributed by atoms with E-state index in [1.807, 2.05) is 0 Å². The van der Waals surface area contributed by atoms with Gasteiger partial charge >= 0.3 is 5.97 Å². The molecule has 0 saturated heterocycles. The Bertz CT molecular complexity index is 552. The van der Waals surface area contributed by atoms with Crippen LogP contribution < -0.4 is 10.1 Å². The van der Waals surface area contributed by atoms with Crippen LogP contribution in [-0.4, -0.2) is 28.6 Å². The van der Waals surface area contributed by atoms with Gasteiger partial charge in [0.05, 0.1) is 18.1 Å². The maximum Gasteiger partial charge on any atom is 0.329 e. The van der Waals surface area contributed by atoms with E-state index in [1.165, 1.54) is 19.2 Å². The van der Waals surface area contributed by atoms with Gasteiger partial charge in [0.1, 0.15) is 17.0 Å². The second-order valence-electron chi connectivity index (χ2n) is 5.21. The molecule has 1 aliphatic rings. The Labute approximate surface area is 122 Å². The minimum atomic E-state index is -1.13. The fourth-order valence-corrected chi connectivity index (χ4v) is 2.70. The number of methoxy groups -OCH3 is 1. The smallest absolute Gasteiger partial charge is 0.329 e. The van der Waals surface area contributed by atoms with Crippen LogP contribution in [0.3, 0.4) is 0 Å². The molecular weight excluding hydrogens is 276 g/mol. The molecule has 7 heteroatoms. The van der Waals surface area contributed by atoms with Crippen LogP contribution in [-0.2, 0) is 4.79 Å². The second kappa shape index (κ2) is 5.99. The fraction of sp³-hybridized carbons (Fsp3) is 0.500. The van der Waals surface area contributed by atoms with E-state index in [1.54, 1.807) is 6.07 Å². The van der Waals surface area contributed by atoms with Crippen molar-refractivity contribution in [2.45, 2.75) is 37.6 Å². The highest BCUT2D eigenvalue weighted by Gasteiger charge is 2.40. The van der Waals surface area contributed by atoms with E-state index in [0.29, 0.717) is 18.6 Å². The van der Waals surface area contributed by atoms with Gasteiger partial charge in [0.15, 0.2) is 0 Å². The summed E-state index contributed by atoms with van der Waals surface area (Å²) in [6.45, 7) is 0. The van der Waals surface area contributed by atoms with Gasteiger partial charge in [-0.15, -0.1) is 0 Å². The Balaban J connectivity index is 2.36. The van der Waals surface area contributed by atoms with E-state index in [9.17, 15) is 20.0 Å². The summed E-state index contributed by atoms with van der Waals surface area (Å²) in [5.41, 5.74) is -1.09. The number of rotatable bonds is 5. The number of carboxylic acid groups (broad SMARTS) is 1. The van der Waals surface area contributed by atoms with Crippen LogP contribution in [0.5, 0.6) is 5.75 Å². The summed E-state index contributed by atoms with van der Waals surface area (Å²) in [6, 6.07) is 4.37. The van der Waals surface area contributed by atoms with Crippen molar-refractivity contribution in [3.8, 4) is 5.75 Å². The van der Waals surface area contributed by atoms with Crippen LogP contribution in [0.2, 0.25) is 0 Å². The van der Waals surface area contributed by atoms with Crippen molar-refractivity contribution in [1.82, 2.24) is 0 Å². The molecule has 0 radical (unpaired) electrons. The first kappa shape index (κ1) is 15.1. The number of hydrogen-bond acceptors (Lipinski definition) is 5. The van der Waals surface area contributed by atoms with Gasteiger partial charge in [-0.3, -0.25) is 10.1 Å². The zero-order valence-corrected chi connectivity index (χ0v) is 11.8. The molecule has 114 valence electrons. The van der Waals surface area contributed by atoms with Crippen molar-refractivity contribution in [1.29, 1.82) is 0 Å². The van der Waals surface area contributed by atoms with E-state index in [0.717, 1.165) is 19.3 Å². The summed E-state index contributed by atoms with van der Waals surface area (Å²) in [5.74, 6) is -0.604. The van der Waals surface area contributed by atoms with E-state index < -0.39 is 16.4 Å². The molecule has 0 atom stereocenters. The van der Waals surface area contributed by atoms with Crippen molar-refractivity contribution < 1.29 is 19.6 Å². The summed E-state index contributed by atoms with van der Waals surface area (Å²) in [7, 11) is 1.42. The van der Waals surface area contributed by atoms with E-state index in [4.69, 9.17) is 4.74 Å². The van der Waals surface area contributed by atoms with Gasteiger partial charge in [0, 0.05) is 0 Å². The summed E-state index contributed by atoms with van der Waals surface area (Å²) in [6.07, 6.45) is 3.50. The van der Waals surface area contributed by atoms with Crippen LogP contribution in [0.1, 0.15) is 32.1 Å². The number of nitrogens with zero attached hydrogens (tertiary/aromatic N) is 1. The molecule has 1 aliphatic carbocycles. The van der Waals surface area contributed by atoms with Crippen molar-refractivity contribution >= 4 is 17.3 Å². The summed E-state index contributed by atoms with van der Waals surface area (Å²) < 4.78 is 4.97. The zero-order chi connectivity index (χ0) is 15.5. The highest BCUT2D eigenvalue weighted by atomic mass is 16.6. The molecule has 2 N–H and O–H groups in total. The maximum absolute atomic E-state index is 11.6. The topological polar surface area (TPSA) is 102 Å². The lowest BCUT2D eigenvalue weighted by atomic mass is 9.81. The average Bonchev–Trinajstić information content (AvgIpc) is 2.48. The largest absolute Gasteiger partial charge is 0.496 e. The number of ether oxygens (including phenoxy) is 1. The predicted octanol–water partition coefficient (Wildman–Crippen LogP) is 2.80. The van der Waals surface area contributed by atoms with Gasteiger partial charge in [-0.25, -0.2) is 4.79 Å². The molecular formula is C14H18N2O5. The van der Waals surface area contributed by atoms with Crippen LogP contribution in [0.4, 0.5) is 11.4 Å². The molecule has 1 fully saturated rings. The minimum absolute atomic E-state index is 0.180. The highest BCUT2D eigenvalue weighted by molar-refractivity contribution is 5.84. The van der Waals surface area contributed by atoms with Gasteiger partial charge in [-0.1, -0.05) is 19.3 Å². The van der Waals surface area contributed by atoms with Crippen molar-refractivity contribution in [2.24, 2.45) is 0 Å². The molecule has 2 rings (SSSR count). The highest BCUT2D eigenvalue weighted by Crippen LogP contribution is 2.36. The number of nitrogens with one attached hydrogen (secondary N) is 1. The second-order valence-corrected chi connectivity index (χ2v) is 5.21. The zero-order valence-electron chi connectivity index (χ0n) is 11.8. The Kier molecular flexibility index (Phi) is 4.30. The van der Waals surface area contributed by atoms with Gasteiger partial charge in [-0.2, -0.15) is 0 Å². The molecule has 1 aromatic rings. The SMILES string of the molecule is COc1ccc(NC2(C(=O)O)CCCCC2)c([N+](=O)[O-])c1. The minimum Gasteiger partial charge on any atom is -0.496 e. The quantitative estimate of drug-likeness (QED) is 0.639. The molecule has 21 heavy (non-hydrogen) atoms. The monoisotopic (exact) mass is 294 g/mol. The number of aliphatic carboxylic acids is 1. The van der Waals surface area contributed by atoms with Crippen molar-refractivity contribution in [3.05, 3.63) is 28.3 Å². The molecule has 0 amide bonds. The normalized spacial score (nSPS) is 17.0. The van der Waals surface area contributed by atoms with Crippen LogP contribution >= 0.6 is 0 Å². The van der Waals surface area contributed by atoms with E-state index >= 15 is 0 Å². The molecule has 7 nitrogen and oxygen atoms in total. The van der Waals surface area contributed by atoms with Crippen LogP contribution in [0, 0.1) is 10.1 Å². The van der Waals surface area contributed by atoms with Gasteiger partial charge in [-0.05, 0) is 25.0 Å². The lowest BCUT2D eigenvalue weighted by molar-refractivity contribution is -0.384. The Morgan fingerprint density at radius 1 is 1.38 bits per heavy atom. The first-order chi connectivity index (χ1) is 9.98. The molecule has 1 aromatic carbocycles. The standard InChI is InChI=1S/C14H18N2O5/c1-21-10-5-6-11(12(9-10)16(19)20)15-14(13(17)18)7-3-2-4-8-14/h5-6,9,15H,2-4,7-8H2,1H3,(H,17,18).